The summed E-state index contributed by atoms with van der Waals surface area (Å²) in [6.07, 6.45) is 3.91. The summed E-state index contributed by atoms with van der Waals surface area (Å²) in [4.78, 5) is 30.3. The highest BCUT2D eigenvalue weighted by molar-refractivity contribution is 5.97. The second kappa shape index (κ2) is 8.93. The Kier molecular flexibility index (Phi) is 5.90. The van der Waals surface area contributed by atoms with Crippen molar-refractivity contribution in [3.8, 4) is 17.1 Å². The number of amides is 1. The number of aliphatic hydroxyl groups excluding tert-OH is 1. The minimum atomic E-state index is -0.0634. The summed E-state index contributed by atoms with van der Waals surface area (Å²) < 4.78 is 5.45. The number of hydrogen-bond acceptors (Lipinski definition) is 6. The van der Waals surface area contributed by atoms with Crippen molar-refractivity contribution in [3.63, 3.8) is 0 Å². The van der Waals surface area contributed by atoms with E-state index < -0.39 is 0 Å². The average Bonchev–Trinajstić information content (AvgIpc) is 3.21. The quantitative estimate of drug-likeness (QED) is 0.479. The number of aromatic nitrogens is 4. The highest BCUT2D eigenvalue weighted by atomic mass is 16.5. The van der Waals surface area contributed by atoms with Crippen LogP contribution < -0.4 is 4.74 Å². The van der Waals surface area contributed by atoms with Gasteiger partial charge in [0.2, 0.25) is 0 Å². The van der Waals surface area contributed by atoms with Gasteiger partial charge in [-0.2, -0.15) is 0 Å². The molecule has 0 fully saturated rings. The number of aromatic amines is 1. The van der Waals surface area contributed by atoms with Gasteiger partial charge in [0.05, 0.1) is 18.0 Å². The Morgan fingerprint density at radius 2 is 1.90 bits per heavy atom. The number of carbonyl (C=O) groups excluding carboxylic acids is 1. The van der Waals surface area contributed by atoms with Crippen molar-refractivity contribution < 1.29 is 14.6 Å². The predicted octanol–water partition coefficient (Wildman–Crippen LogP) is 2.68. The molecule has 8 nitrogen and oxygen atoms in total. The van der Waals surface area contributed by atoms with Gasteiger partial charge in [-0.05, 0) is 35.9 Å². The Morgan fingerprint density at radius 3 is 2.71 bits per heavy atom. The van der Waals surface area contributed by atoms with Crippen molar-refractivity contribution in [3.05, 3.63) is 71.9 Å². The molecule has 3 heterocycles. The third kappa shape index (κ3) is 4.70. The molecular weight excluding hydrogens is 394 g/mol. The topological polar surface area (TPSA) is 104 Å². The van der Waals surface area contributed by atoms with Crippen LogP contribution in [0, 0.1) is 0 Å². The van der Waals surface area contributed by atoms with E-state index in [-0.39, 0.29) is 19.1 Å². The molecule has 0 radical (unpaired) electrons. The van der Waals surface area contributed by atoms with Crippen molar-refractivity contribution in [2.45, 2.75) is 6.42 Å². The number of fused-ring (bicyclic) bond motifs is 1. The highest BCUT2D eigenvalue weighted by Crippen LogP contribution is 2.22. The van der Waals surface area contributed by atoms with Gasteiger partial charge >= 0.3 is 0 Å². The second-order valence-corrected chi connectivity index (χ2v) is 7.29. The molecule has 0 atom stereocenters. The van der Waals surface area contributed by atoms with Gasteiger partial charge in [0.25, 0.3) is 5.91 Å². The number of nitrogens with one attached hydrogen (secondary N) is 1. The van der Waals surface area contributed by atoms with E-state index in [0.717, 1.165) is 16.5 Å². The molecule has 0 saturated heterocycles. The van der Waals surface area contributed by atoms with Crippen LogP contribution in [-0.2, 0) is 6.42 Å². The SMILES string of the molecule is CN(C)C(=O)c1cc2cc(Cc3nccc(-c4cc(OCCO)ccn4)n3)ccc2[nH]1. The molecule has 0 unspecified atom stereocenters. The van der Waals surface area contributed by atoms with Crippen molar-refractivity contribution in [2.75, 3.05) is 27.3 Å². The molecule has 1 aromatic carbocycles. The summed E-state index contributed by atoms with van der Waals surface area (Å²) in [5, 5.41) is 9.89. The minimum absolute atomic E-state index is 0.0500. The highest BCUT2D eigenvalue weighted by Gasteiger charge is 2.12. The minimum Gasteiger partial charge on any atom is -0.491 e. The van der Waals surface area contributed by atoms with Crippen LogP contribution in [0.3, 0.4) is 0 Å². The van der Waals surface area contributed by atoms with E-state index >= 15 is 0 Å². The average molecular weight is 417 g/mol. The lowest BCUT2D eigenvalue weighted by Gasteiger charge is -2.07. The van der Waals surface area contributed by atoms with E-state index in [1.54, 1.807) is 49.6 Å². The van der Waals surface area contributed by atoms with Gasteiger partial charge in [0, 0.05) is 49.9 Å². The monoisotopic (exact) mass is 417 g/mol. The van der Waals surface area contributed by atoms with Crippen LogP contribution in [0.4, 0.5) is 0 Å². The molecule has 31 heavy (non-hydrogen) atoms. The first-order chi connectivity index (χ1) is 15.0. The number of carbonyl (C=O) groups is 1. The second-order valence-electron chi connectivity index (χ2n) is 7.29. The third-order valence-electron chi connectivity index (χ3n) is 4.74. The van der Waals surface area contributed by atoms with E-state index in [2.05, 4.69) is 19.9 Å². The first kappa shape index (κ1) is 20.5. The maximum Gasteiger partial charge on any atom is 0.269 e. The maximum absolute atomic E-state index is 12.2. The molecule has 0 spiro atoms. The van der Waals surface area contributed by atoms with E-state index in [9.17, 15) is 4.79 Å². The molecule has 4 aromatic rings. The van der Waals surface area contributed by atoms with Crippen LogP contribution in [-0.4, -0.2) is 63.2 Å². The summed E-state index contributed by atoms with van der Waals surface area (Å²) in [7, 11) is 3.46. The van der Waals surface area contributed by atoms with Crippen molar-refractivity contribution in [1.29, 1.82) is 0 Å². The molecule has 0 bridgehead atoms. The number of nitrogens with zero attached hydrogens (tertiary/aromatic N) is 4. The Balaban J connectivity index is 1.56. The van der Waals surface area contributed by atoms with Gasteiger partial charge in [-0.3, -0.25) is 9.78 Å². The van der Waals surface area contributed by atoms with Gasteiger partial charge in [-0.1, -0.05) is 6.07 Å². The maximum atomic E-state index is 12.2. The van der Waals surface area contributed by atoms with Crippen LogP contribution in [0.5, 0.6) is 5.75 Å². The van der Waals surface area contributed by atoms with Gasteiger partial charge in [0.1, 0.15) is 23.9 Å². The predicted molar refractivity (Wildman–Crippen MR) is 117 cm³/mol. The lowest BCUT2D eigenvalue weighted by atomic mass is 10.1. The Morgan fingerprint density at radius 1 is 1.06 bits per heavy atom. The third-order valence-corrected chi connectivity index (χ3v) is 4.74. The Labute approximate surface area is 179 Å². The van der Waals surface area contributed by atoms with Crippen molar-refractivity contribution >= 4 is 16.8 Å². The number of aliphatic hydroxyl groups is 1. The molecule has 0 aliphatic heterocycles. The molecule has 4 rings (SSSR count). The van der Waals surface area contributed by atoms with Crippen LogP contribution in [0.2, 0.25) is 0 Å². The van der Waals surface area contributed by atoms with E-state index in [1.165, 1.54) is 0 Å². The van der Waals surface area contributed by atoms with E-state index in [4.69, 9.17) is 9.84 Å². The summed E-state index contributed by atoms with van der Waals surface area (Å²) >= 11 is 0. The lowest BCUT2D eigenvalue weighted by molar-refractivity contribution is 0.0823. The molecule has 158 valence electrons. The number of rotatable bonds is 7. The van der Waals surface area contributed by atoms with Gasteiger partial charge in [-0.25, -0.2) is 9.97 Å². The number of benzene rings is 1. The fourth-order valence-electron chi connectivity index (χ4n) is 3.26. The van der Waals surface area contributed by atoms with Gasteiger partial charge in [0.15, 0.2) is 0 Å². The molecule has 1 amide bonds. The first-order valence-corrected chi connectivity index (χ1v) is 9.89. The zero-order chi connectivity index (χ0) is 21.8. The molecule has 3 aromatic heterocycles. The summed E-state index contributed by atoms with van der Waals surface area (Å²) in [6.45, 7) is 0.174. The van der Waals surface area contributed by atoms with Crippen molar-refractivity contribution in [1.82, 2.24) is 24.8 Å². The standard InChI is InChI=1S/C23H23N5O3/c1-28(2)23(30)21-13-16-11-15(3-4-18(16)26-21)12-22-25-8-6-19(27-22)20-14-17(5-7-24-20)31-10-9-29/h3-8,11,13-14,26,29H,9-10,12H2,1-2H3. The fraction of sp³-hybridized carbons (Fsp3) is 0.217. The van der Waals surface area contributed by atoms with Crippen LogP contribution >= 0.6 is 0 Å². The van der Waals surface area contributed by atoms with Crippen LogP contribution in [0.1, 0.15) is 21.9 Å². The molecule has 0 aliphatic carbocycles. The van der Waals surface area contributed by atoms with Crippen molar-refractivity contribution in [2.24, 2.45) is 0 Å². The van der Waals surface area contributed by atoms with Gasteiger partial charge < -0.3 is 19.7 Å². The molecular formula is C23H23N5O3. The van der Waals surface area contributed by atoms with Crippen LogP contribution in [0.25, 0.3) is 22.3 Å². The smallest absolute Gasteiger partial charge is 0.269 e. The zero-order valence-corrected chi connectivity index (χ0v) is 17.4. The largest absolute Gasteiger partial charge is 0.491 e. The Bertz CT molecular complexity index is 1220. The number of pyridine rings is 1. The van der Waals surface area contributed by atoms with E-state index in [1.807, 2.05) is 24.3 Å². The molecule has 8 heteroatoms. The molecule has 0 saturated carbocycles. The fourth-order valence-corrected chi connectivity index (χ4v) is 3.26. The van der Waals surface area contributed by atoms with Crippen LogP contribution in [0.15, 0.2) is 54.9 Å². The summed E-state index contributed by atoms with van der Waals surface area (Å²) in [5.74, 6) is 1.23. The molecule has 2 N–H and O–H groups in total. The summed E-state index contributed by atoms with van der Waals surface area (Å²) in [6, 6.07) is 13.2. The normalized spacial score (nSPS) is 10.9. The van der Waals surface area contributed by atoms with E-state index in [0.29, 0.717) is 35.1 Å². The summed E-state index contributed by atoms with van der Waals surface area (Å²) in [5.41, 5.74) is 3.88. The number of ether oxygens (including phenoxy) is 1. The zero-order valence-electron chi connectivity index (χ0n) is 17.4. The Hall–Kier alpha value is -3.78. The van der Waals surface area contributed by atoms with Gasteiger partial charge in [-0.15, -0.1) is 0 Å². The number of hydrogen-bond donors (Lipinski definition) is 2. The molecule has 0 aliphatic rings. The number of H-pyrrole nitrogens is 1. The lowest BCUT2D eigenvalue weighted by Crippen LogP contribution is -2.21. The first-order valence-electron chi connectivity index (χ1n) is 9.89.